The van der Waals surface area contributed by atoms with Gasteiger partial charge in [-0.05, 0) is 18.2 Å². The van der Waals surface area contributed by atoms with Crippen LogP contribution >= 0.6 is 0 Å². The second-order valence-electron chi connectivity index (χ2n) is 6.03. The van der Waals surface area contributed by atoms with E-state index in [1.165, 1.54) is 31.0 Å². The maximum atomic E-state index is 14.0. The van der Waals surface area contributed by atoms with Crippen LogP contribution in [0.2, 0.25) is 0 Å². The Bertz CT molecular complexity index is 1260. The van der Waals surface area contributed by atoms with Gasteiger partial charge >= 0.3 is 0 Å². The molecule has 0 fully saturated rings. The molecule has 8 nitrogen and oxygen atoms in total. The summed E-state index contributed by atoms with van der Waals surface area (Å²) in [5.74, 6) is -2.21. The van der Waals surface area contributed by atoms with Crippen LogP contribution in [-0.2, 0) is 16.9 Å². The summed E-state index contributed by atoms with van der Waals surface area (Å²) in [4.78, 5) is 19.8. The summed E-state index contributed by atoms with van der Waals surface area (Å²) in [6, 6.07) is 4.04. The highest BCUT2D eigenvalue weighted by Crippen LogP contribution is 2.33. The summed E-state index contributed by atoms with van der Waals surface area (Å²) >= 11 is 0. The zero-order chi connectivity index (χ0) is 21.3. The van der Waals surface area contributed by atoms with Gasteiger partial charge in [0.2, 0.25) is 15.0 Å². The molecule has 0 aliphatic carbocycles. The molecule has 0 N–H and O–H groups in total. The molecule has 2 heterocycles. The lowest BCUT2D eigenvalue weighted by atomic mass is 10.2. The first kappa shape index (κ1) is 20.4. The molecule has 0 spiro atoms. The van der Waals surface area contributed by atoms with E-state index >= 15 is 0 Å². The van der Waals surface area contributed by atoms with Crippen molar-refractivity contribution in [2.24, 2.45) is 7.05 Å². The molecule has 0 saturated heterocycles. The van der Waals surface area contributed by atoms with Crippen LogP contribution in [0, 0.1) is 11.6 Å². The van der Waals surface area contributed by atoms with E-state index in [0.717, 1.165) is 24.6 Å². The Balaban J connectivity index is 2.22. The van der Waals surface area contributed by atoms with Crippen LogP contribution in [0.4, 0.5) is 8.78 Å². The molecule has 0 unspecified atom stereocenters. The van der Waals surface area contributed by atoms with Crippen molar-refractivity contribution in [2.45, 2.75) is 5.16 Å². The van der Waals surface area contributed by atoms with Crippen molar-refractivity contribution in [1.82, 2.24) is 14.5 Å². The van der Waals surface area contributed by atoms with Crippen LogP contribution in [-0.4, -0.2) is 36.3 Å². The summed E-state index contributed by atoms with van der Waals surface area (Å²) in [6.07, 6.45) is 3.36. The van der Waals surface area contributed by atoms with E-state index < -0.39 is 32.2 Å². The first-order valence-electron chi connectivity index (χ1n) is 8.05. The summed E-state index contributed by atoms with van der Waals surface area (Å²) in [5.41, 5.74) is -0.201. The van der Waals surface area contributed by atoms with Crippen LogP contribution in [0.3, 0.4) is 0 Å². The van der Waals surface area contributed by atoms with E-state index in [9.17, 15) is 22.0 Å². The molecule has 3 rings (SSSR count). The summed E-state index contributed by atoms with van der Waals surface area (Å²) in [7, 11) is -1.01. The average molecular weight is 423 g/mol. The second-order valence-corrected chi connectivity index (χ2v) is 7.94. The van der Waals surface area contributed by atoms with Crippen LogP contribution in [0.1, 0.15) is 0 Å². The Kier molecular flexibility index (Phi) is 5.33. The number of rotatable bonds is 5. The number of aryl methyl sites for hydroxylation is 1. The lowest BCUT2D eigenvalue weighted by Gasteiger charge is -2.13. The van der Waals surface area contributed by atoms with Gasteiger partial charge in [0.15, 0.2) is 23.1 Å². The first-order chi connectivity index (χ1) is 13.6. The van der Waals surface area contributed by atoms with Crippen molar-refractivity contribution in [3.8, 4) is 28.5 Å². The number of pyridine rings is 1. The topological polar surface area (TPSA) is 100 Å². The Labute approximate surface area is 164 Å². The maximum absolute atomic E-state index is 14.0. The van der Waals surface area contributed by atoms with Crippen molar-refractivity contribution in [2.75, 3.05) is 13.4 Å². The van der Waals surface area contributed by atoms with E-state index in [0.29, 0.717) is 6.07 Å². The molecule has 152 valence electrons. The highest BCUT2D eigenvalue weighted by molar-refractivity contribution is 7.90. The molecule has 3 aromatic rings. The number of methoxy groups -OCH3 is 1. The van der Waals surface area contributed by atoms with Gasteiger partial charge in [0.05, 0.1) is 13.3 Å². The number of hydrogen-bond acceptors (Lipinski definition) is 7. The van der Waals surface area contributed by atoms with Gasteiger partial charge in [-0.25, -0.2) is 27.2 Å². The van der Waals surface area contributed by atoms with Gasteiger partial charge in [0.25, 0.3) is 5.56 Å². The van der Waals surface area contributed by atoms with Gasteiger partial charge in [-0.15, -0.1) is 0 Å². The normalized spacial score (nSPS) is 11.3. The molecule has 11 heteroatoms. The molecule has 0 amide bonds. The molecule has 0 saturated carbocycles. The molecule has 29 heavy (non-hydrogen) atoms. The molecule has 0 atom stereocenters. The zero-order valence-corrected chi connectivity index (χ0v) is 16.3. The minimum atomic E-state index is -3.77. The number of benzene rings is 1. The minimum Gasteiger partial charge on any atom is -0.491 e. The number of ether oxygens (including phenoxy) is 2. The van der Waals surface area contributed by atoms with Crippen molar-refractivity contribution in [3.05, 3.63) is 58.6 Å². The van der Waals surface area contributed by atoms with Crippen molar-refractivity contribution in [3.63, 3.8) is 0 Å². The summed E-state index contributed by atoms with van der Waals surface area (Å²) < 4.78 is 62.6. The summed E-state index contributed by atoms with van der Waals surface area (Å²) in [6.45, 7) is 0. The van der Waals surface area contributed by atoms with Crippen LogP contribution in [0.15, 0.2) is 46.6 Å². The maximum Gasteiger partial charge on any atom is 0.292 e. The monoisotopic (exact) mass is 423 g/mol. The molecule has 2 aromatic heterocycles. The van der Waals surface area contributed by atoms with Gasteiger partial charge in [0.1, 0.15) is 11.5 Å². The number of hydrogen-bond donors (Lipinski definition) is 0. The second kappa shape index (κ2) is 7.59. The quantitative estimate of drug-likeness (QED) is 0.581. The largest absolute Gasteiger partial charge is 0.491 e. The van der Waals surface area contributed by atoms with Gasteiger partial charge in [0, 0.05) is 31.1 Å². The van der Waals surface area contributed by atoms with E-state index in [2.05, 4.69) is 9.97 Å². The van der Waals surface area contributed by atoms with E-state index in [1.54, 1.807) is 0 Å². The van der Waals surface area contributed by atoms with Gasteiger partial charge in [-0.3, -0.25) is 4.79 Å². The Hall–Kier alpha value is -3.34. The average Bonchev–Trinajstić information content (AvgIpc) is 2.65. The third kappa shape index (κ3) is 4.24. The first-order valence-corrected chi connectivity index (χ1v) is 9.94. The van der Waals surface area contributed by atoms with Crippen molar-refractivity contribution in [1.29, 1.82) is 0 Å². The summed E-state index contributed by atoms with van der Waals surface area (Å²) in [5, 5.41) is -0.493. The molecular formula is C18H15F2N3O5S. The standard InChI is InChI=1S/C18H15F2N3O5S/c1-23-9-10(6-14(27-2)17(23)24)16-15(8-21-18(22-16)29(3,25)26)28-13-5-4-11(19)7-12(13)20/h4-9H,1-3H3. The van der Waals surface area contributed by atoms with Gasteiger partial charge in [-0.1, -0.05) is 0 Å². The number of nitrogens with zero attached hydrogens (tertiary/aromatic N) is 3. The van der Waals surface area contributed by atoms with Crippen LogP contribution < -0.4 is 15.0 Å². The SMILES string of the molecule is COc1cc(-c2nc(S(C)(=O)=O)ncc2Oc2ccc(F)cc2F)cn(C)c1=O. The number of aromatic nitrogens is 3. The van der Waals surface area contributed by atoms with Crippen molar-refractivity contribution < 1.29 is 26.7 Å². The predicted octanol–water partition coefficient (Wildman–Crippen LogP) is 2.32. The third-order valence-electron chi connectivity index (χ3n) is 3.82. The Morgan fingerprint density at radius 2 is 1.83 bits per heavy atom. The fourth-order valence-electron chi connectivity index (χ4n) is 2.45. The molecule has 0 bridgehead atoms. The minimum absolute atomic E-state index is 0.0246. The van der Waals surface area contributed by atoms with Crippen LogP contribution in [0.5, 0.6) is 17.2 Å². The molecule has 0 radical (unpaired) electrons. The predicted molar refractivity (Wildman–Crippen MR) is 98.8 cm³/mol. The molecule has 1 aromatic carbocycles. The van der Waals surface area contributed by atoms with Gasteiger partial charge in [-0.2, -0.15) is 0 Å². The molecular weight excluding hydrogens is 408 g/mol. The zero-order valence-electron chi connectivity index (χ0n) is 15.5. The Morgan fingerprint density at radius 1 is 1.10 bits per heavy atom. The smallest absolute Gasteiger partial charge is 0.292 e. The van der Waals surface area contributed by atoms with E-state index in [-0.39, 0.29) is 28.5 Å². The van der Waals surface area contributed by atoms with Gasteiger partial charge < -0.3 is 14.0 Å². The van der Waals surface area contributed by atoms with Crippen molar-refractivity contribution >= 4 is 9.84 Å². The highest BCUT2D eigenvalue weighted by Gasteiger charge is 2.20. The fraction of sp³-hybridized carbons (Fsp3) is 0.167. The Morgan fingerprint density at radius 3 is 2.45 bits per heavy atom. The highest BCUT2D eigenvalue weighted by atomic mass is 32.2. The van der Waals surface area contributed by atoms with E-state index in [1.807, 2.05) is 0 Å². The molecule has 0 aliphatic heterocycles. The lowest BCUT2D eigenvalue weighted by molar-refractivity contribution is 0.405. The fourth-order valence-corrected chi connectivity index (χ4v) is 2.95. The number of halogens is 2. The van der Waals surface area contributed by atoms with Crippen LogP contribution in [0.25, 0.3) is 11.3 Å². The lowest BCUT2D eigenvalue weighted by Crippen LogP contribution is -2.18. The van der Waals surface area contributed by atoms with E-state index in [4.69, 9.17) is 9.47 Å². The number of sulfone groups is 1. The molecule has 0 aliphatic rings. The third-order valence-corrected chi connectivity index (χ3v) is 4.68.